The van der Waals surface area contributed by atoms with Crippen LogP contribution in [0.1, 0.15) is 12.5 Å². The smallest absolute Gasteiger partial charge is 0.250 e. The number of hydrogen-bond acceptors (Lipinski definition) is 5. The van der Waals surface area contributed by atoms with Crippen LogP contribution >= 0.6 is 0 Å². The van der Waals surface area contributed by atoms with E-state index >= 15 is 0 Å². The maximum Gasteiger partial charge on any atom is 0.250 e. The minimum absolute atomic E-state index is 0.328. The second kappa shape index (κ2) is 4.69. The van der Waals surface area contributed by atoms with Gasteiger partial charge in [-0.1, -0.05) is 0 Å². The molecule has 1 unspecified atom stereocenters. The summed E-state index contributed by atoms with van der Waals surface area (Å²) in [4.78, 5) is 12.0. The first-order valence-electron chi connectivity index (χ1n) is 5.65. The maximum absolute atomic E-state index is 13.8. The summed E-state index contributed by atoms with van der Waals surface area (Å²) in [5.74, 6) is -4.63. The number of Topliss-reactive ketones (excluding diaryl/α,β-unsaturated/α-hetero) is 1. The maximum atomic E-state index is 13.8. The largest absolute Gasteiger partial charge is 0.501 e. The van der Waals surface area contributed by atoms with Crippen LogP contribution in [0.4, 0.5) is 8.78 Å². The summed E-state index contributed by atoms with van der Waals surface area (Å²) in [5.41, 5.74) is -2.32. The Labute approximate surface area is 119 Å². The van der Waals surface area contributed by atoms with E-state index in [1.807, 2.05) is 4.72 Å². The molecule has 0 saturated carbocycles. The molecule has 1 aromatic rings. The molecule has 2 rings (SSSR count). The Hall–Kier alpha value is -2.16. The monoisotopic (exact) mass is 319 g/mol. The normalized spacial score (nSPS) is 22.4. The molecule has 1 heterocycles. The molecule has 0 spiro atoms. The first-order valence-corrected chi connectivity index (χ1v) is 7.54. The Balaban J connectivity index is 2.45. The molecular weight excluding hydrogens is 308 g/mol. The number of sulfonamides is 1. The molecule has 21 heavy (non-hydrogen) atoms. The zero-order valence-corrected chi connectivity index (χ0v) is 11.8. The topological polar surface area (TPSA) is 92.7 Å². The van der Waals surface area contributed by atoms with Crippen molar-refractivity contribution in [1.82, 2.24) is 4.72 Å². The number of carbonyl (C=O) groups is 1. The minimum Gasteiger partial charge on any atom is -0.501 e. The van der Waals surface area contributed by atoms with E-state index in [2.05, 4.69) is 0 Å². The molecule has 0 bridgehead atoms. The second-order valence-electron chi connectivity index (χ2n) is 4.64. The number of nitrogens with one attached hydrogen (secondary N) is 1. The van der Waals surface area contributed by atoms with E-state index in [1.165, 1.54) is 0 Å². The summed E-state index contributed by atoms with van der Waals surface area (Å²) >= 11 is 0. The van der Waals surface area contributed by atoms with Crippen LogP contribution in [0.3, 0.4) is 0 Å². The van der Waals surface area contributed by atoms with Gasteiger partial charge in [-0.2, -0.15) is 0 Å². The molecule has 1 aliphatic heterocycles. The van der Waals surface area contributed by atoms with Gasteiger partial charge in [-0.05, 0) is 19.1 Å². The quantitative estimate of drug-likeness (QED) is 0.869. The summed E-state index contributed by atoms with van der Waals surface area (Å²) in [6.45, 7) is 1.14. The molecule has 0 amide bonds. The first-order chi connectivity index (χ1) is 9.54. The lowest BCUT2D eigenvalue weighted by Gasteiger charge is -2.24. The number of benzene rings is 1. The van der Waals surface area contributed by atoms with Crippen LogP contribution in [0, 0.1) is 11.6 Å². The van der Waals surface area contributed by atoms with Gasteiger partial charge in [0.2, 0.25) is 27.3 Å². The van der Waals surface area contributed by atoms with Crippen molar-refractivity contribution in [3.63, 3.8) is 0 Å². The summed E-state index contributed by atoms with van der Waals surface area (Å²) in [7, 11) is -3.81. The lowest BCUT2D eigenvalue weighted by Crippen LogP contribution is -2.33. The third-order valence-electron chi connectivity index (χ3n) is 2.89. The molecular formula is C12H11F2NO5S. The van der Waals surface area contributed by atoms with E-state index in [4.69, 9.17) is 4.74 Å². The highest BCUT2D eigenvalue weighted by atomic mass is 32.2. The fraction of sp³-hybridized carbons (Fsp3) is 0.250. The number of rotatable bonds is 3. The summed E-state index contributed by atoms with van der Waals surface area (Å²) in [6, 6.07) is 2.45. The summed E-state index contributed by atoms with van der Waals surface area (Å²) in [5, 5.41) is 9.64. The Morgan fingerprint density at radius 1 is 1.33 bits per heavy atom. The van der Waals surface area contributed by atoms with Gasteiger partial charge in [0.15, 0.2) is 0 Å². The van der Waals surface area contributed by atoms with Crippen LogP contribution in [0.2, 0.25) is 0 Å². The highest BCUT2D eigenvalue weighted by molar-refractivity contribution is 7.88. The van der Waals surface area contributed by atoms with Crippen LogP contribution in [-0.2, 0) is 25.2 Å². The molecule has 1 aromatic carbocycles. The number of aliphatic hydroxyl groups excluding tert-OH is 1. The number of ether oxygens (including phenoxy) is 1. The van der Waals surface area contributed by atoms with E-state index in [0.717, 1.165) is 25.3 Å². The molecule has 2 N–H and O–H groups in total. The van der Waals surface area contributed by atoms with Crippen molar-refractivity contribution >= 4 is 15.8 Å². The van der Waals surface area contributed by atoms with E-state index in [0.29, 0.717) is 6.07 Å². The minimum atomic E-state index is -3.81. The molecule has 0 radical (unpaired) electrons. The van der Waals surface area contributed by atoms with Crippen molar-refractivity contribution in [3.8, 4) is 0 Å². The van der Waals surface area contributed by atoms with Crippen LogP contribution in [0.25, 0.3) is 0 Å². The molecule has 1 aliphatic rings. The number of ketones is 1. The SMILES string of the molecule is CC1(c2ccc(F)cc2F)OC(NS(C)(=O)=O)=C(O)C1=O. The zero-order chi connectivity index (χ0) is 16.0. The fourth-order valence-corrected chi connectivity index (χ4v) is 2.39. The lowest BCUT2D eigenvalue weighted by atomic mass is 9.91. The van der Waals surface area contributed by atoms with Crippen molar-refractivity contribution in [2.24, 2.45) is 0 Å². The van der Waals surface area contributed by atoms with Gasteiger partial charge in [-0.15, -0.1) is 0 Å². The van der Waals surface area contributed by atoms with Gasteiger partial charge in [0.1, 0.15) is 11.6 Å². The highest BCUT2D eigenvalue weighted by Crippen LogP contribution is 2.38. The van der Waals surface area contributed by atoms with Crippen molar-refractivity contribution in [2.75, 3.05) is 6.26 Å². The predicted molar refractivity (Wildman–Crippen MR) is 67.4 cm³/mol. The molecule has 0 aromatic heterocycles. The summed E-state index contributed by atoms with van der Waals surface area (Å²) in [6.07, 6.45) is 0.787. The van der Waals surface area contributed by atoms with Crippen LogP contribution in [0.15, 0.2) is 29.8 Å². The Kier molecular flexibility index (Phi) is 3.40. The van der Waals surface area contributed by atoms with Gasteiger partial charge < -0.3 is 9.84 Å². The Morgan fingerprint density at radius 3 is 2.48 bits per heavy atom. The van der Waals surface area contributed by atoms with Crippen molar-refractivity contribution in [3.05, 3.63) is 47.0 Å². The second-order valence-corrected chi connectivity index (χ2v) is 6.39. The van der Waals surface area contributed by atoms with Crippen LogP contribution < -0.4 is 4.72 Å². The zero-order valence-electron chi connectivity index (χ0n) is 11.0. The number of aliphatic hydroxyl groups is 1. The van der Waals surface area contributed by atoms with E-state index in [1.54, 1.807) is 0 Å². The van der Waals surface area contributed by atoms with Gasteiger partial charge in [0.25, 0.3) is 5.78 Å². The van der Waals surface area contributed by atoms with Gasteiger partial charge in [-0.25, -0.2) is 17.2 Å². The molecule has 1 atom stereocenters. The number of hydrogen-bond donors (Lipinski definition) is 2. The lowest BCUT2D eigenvalue weighted by molar-refractivity contribution is -0.132. The van der Waals surface area contributed by atoms with E-state index < -0.39 is 44.7 Å². The third kappa shape index (κ3) is 2.68. The predicted octanol–water partition coefficient (Wildman–Crippen LogP) is 1.06. The molecule has 0 aliphatic carbocycles. The molecule has 9 heteroatoms. The highest BCUT2D eigenvalue weighted by Gasteiger charge is 2.49. The molecule has 0 saturated heterocycles. The van der Waals surface area contributed by atoms with Gasteiger partial charge in [-0.3, -0.25) is 9.52 Å². The number of carbonyl (C=O) groups excluding carboxylic acids is 1. The summed E-state index contributed by atoms with van der Waals surface area (Å²) < 4.78 is 55.9. The van der Waals surface area contributed by atoms with Gasteiger partial charge >= 0.3 is 0 Å². The van der Waals surface area contributed by atoms with Gasteiger partial charge in [0.05, 0.1) is 6.26 Å². The fourth-order valence-electron chi connectivity index (χ4n) is 1.92. The van der Waals surface area contributed by atoms with E-state index in [9.17, 15) is 27.1 Å². The third-order valence-corrected chi connectivity index (χ3v) is 3.45. The van der Waals surface area contributed by atoms with Crippen molar-refractivity contribution in [2.45, 2.75) is 12.5 Å². The average molecular weight is 319 g/mol. The first kappa shape index (κ1) is 15.2. The standard InChI is InChI=1S/C12H11F2NO5S/c1-12(7-4-3-6(13)5-8(7)14)10(17)9(16)11(20-12)15-21(2,18)19/h3-5,15-16H,1-2H3. The van der Waals surface area contributed by atoms with Crippen LogP contribution in [-0.4, -0.2) is 25.6 Å². The molecule has 114 valence electrons. The molecule has 0 fully saturated rings. The Morgan fingerprint density at radius 2 is 1.95 bits per heavy atom. The average Bonchev–Trinajstić information content (AvgIpc) is 2.52. The number of halogens is 2. The van der Waals surface area contributed by atoms with Crippen molar-refractivity contribution < 1.29 is 31.8 Å². The Bertz CT molecular complexity index is 759. The van der Waals surface area contributed by atoms with E-state index in [-0.39, 0.29) is 5.56 Å². The van der Waals surface area contributed by atoms with Gasteiger partial charge in [0, 0.05) is 11.6 Å². The van der Waals surface area contributed by atoms with Crippen molar-refractivity contribution in [1.29, 1.82) is 0 Å². The molecule has 6 nitrogen and oxygen atoms in total. The van der Waals surface area contributed by atoms with Crippen LogP contribution in [0.5, 0.6) is 0 Å².